The predicted octanol–water partition coefficient (Wildman–Crippen LogP) is 5.49. The fourth-order valence-electron chi connectivity index (χ4n) is 1.58. The molecule has 1 atom stereocenters. The molecule has 2 aromatic carbocycles. The second-order valence-electron chi connectivity index (χ2n) is 3.82. The molecule has 1 unspecified atom stereocenters. The first kappa shape index (κ1) is 14.5. The summed E-state index contributed by atoms with van der Waals surface area (Å²) in [6.07, 6.45) is 0. The Morgan fingerprint density at radius 1 is 0.789 bits per heavy atom. The van der Waals surface area contributed by atoms with Gasteiger partial charge in [0, 0.05) is 11.6 Å². The van der Waals surface area contributed by atoms with Crippen molar-refractivity contribution < 1.29 is 17.6 Å². The number of hydrogen-bond acceptors (Lipinski definition) is 0. The molecule has 6 heteroatoms. The molecule has 0 saturated carbocycles. The third kappa shape index (κ3) is 3.00. The van der Waals surface area contributed by atoms with E-state index in [0.717, 1.165) is 6.07 Å². The molecule has 0 aliphatic rings. The van der Waals surface area contributed by atoms with Crippen LogP contribution in [0.3, 0.4) is 0 Å². The van der Waals surface area contributed by atoms with E-state index in [9.17, 15) is 17.6 Å². The van der Waals surface area contributed by atoms with Crippen LogP contribution in [0, 0.1) is 23.3 Å². The summed E-state index contributed by atoms with van der Waals surface area (Å²) >= 11 is 6.20. The Hall–Kier alpha value is -0.880. The Morgan fingerprint density at radius 2 is 1.42 bits per heavy atom. The van der Waals surface area contributed by atoms with Crippen LogP contribution < -0.4 is 0 Å². The van der Waals surface area contributed by atoms with Gasteiger partial charge in [-0.1, -0.05) is 22.0 Å². The molecule has 2 rings (SSSR count). The average molecular weight is 398 g/mol. The molecule has 0 saturated heterocycles. The monoisotopic (exact) mass is 396 g/mol. The van der Waals surface area contributed by atoms with Crippen LogP contribution in [0.5, 0.6) is 0 Å². The van der Waals surface area contributed by atoms with Crippen LogP contribution in [0.25, 0.3) is 0 Å². The van der Waals surface area contributed by atoms with Crippen LogP contribution in [0.15, 0.2) is 34.8 Å². The van der Waals surface area contributed by atoms with Crippen LogP contribution in [-0.2, 0) is 0 Å². The molecule has 0 spiro atoms. The Bertz CT molecular complexity index is 628. The number of halogens is 6. The lowest BCUT2D eigenvalue weighted by Gasteiger charge is -2.13. The highest BCUT2D eigenvalue weighted by Gasteiger charge is 2.19. The lowest BCUT2D eigenvalue weighted by molar-refractivity contribution is 0.491. The van der Waals surface area contributed by atoms with E-state index < -0.39 is 28.1 Å². The van der Waals surface area contributed by atoms with Crippen LogP contribution in [-0.4, -0.2) is 0 Å². The maximum absolute atomic E-state index is 13.6. The standard InChI is InChI=1S/C13H6Br2F4/c14-8-3-6(1-2-9(8)16)13(15)7-4-11(18)12(19)5-10(7)17/h1-5,13H. The minimum atomic E-state index is -1.25. The van der Waals surface area contributed by atoms with Gasteiger partial charge in [0.1, 0.15) is 11.6 Å². The maximum Gasteiger partial charge on any atom is 0.161 e. The molecule has 0 bridgehead atoms. The van der Waals surface area contributed by atoms with Crippen molar-refractivity contribution in [1.82, 2.24) is 0 Å². The fourth-order valence-corrected chi connectivity index (χ4v) is 2.61. The van der Waals surface area contributed by atoms with Gasteiger partial charge in [0.05, 0.1) is 9.30 Å². The summed E-state index contributed by atoms with van der Waals surface area (Å²) in [5.41, 5.74) is 0.454. The molecule has 19 heavy (non-hydrogen) atoms. The third-order valence-corrected chi connectivity index (χ3v) is 4.18. The van der Waals surface area contributed by atoms with Gasteiger partial charge < -0.3 is 0 Å². The van der Waals surface area contributed by atoms with E-state index in [1.165, 1.54) is 18.2 Å². The Kier molecular flexibility index (Phi) is 4.30. The van der Waals surface area contributed by atoms with Crippen LogP contribution in [0.2, 0.25) is 0 Å². The zero-order valence-electron chi connectivity index (χ0n) is 9.23. The summed E-state index contributed by atoms with van der Waals surface area (Å²) in [5.74, 6) is -3.72. The summed E-state index contributed by atoms with van der Waals surface area (Å²) in [5, 5.41) is 0. The van der Waals surface area contributed by atoms with Gasteiger partial charge in [-0.2, -0.15) is 0 Å². The van der Waals surface area contributed by atoms with E-state index in [2.05, 4.69) is 31.9 Å². The lowest BCUT2D eigenvalue weighted by Crippen LogP contribution is -2.00. The van der Waals surface area contributed by atoms with Crippen LogP contribution in [0.4, 0.5) is 17.6 Å². The first-order valence-electron chi connectivity index (χ1n) is 5.13. The Balaban J connectivity index is 2.46. The van der Waals surface area contributed by atoms with Crippen molar-refractivity contribution in [3.8, 4) is 0 Å². The SMILES string of the molecule is Fc1cc(F)c(C(Br)c2ccc(F)c(Br)c2)cc1F. The van der Waals surface area contributed by atoms with Crippen molar-refractivity contribution in [3.05, 3.63) is 69.2 Å². The molecule has 2 aromatic rings. The first-order valence-corrected chi connectivity index (χ1v) is 6.84. The van der Waals surface area contributed by atoms with Gasteiger partial charge >= 0.3 is 0 Å². The molecule has 0 aromatic heterocycles. The van der Waals surface area contributed by atoms with Crippen LogP contribution in [0.1, 0.15) is 16.0 Å². The van der Waals surface area contributed by atoms with Crippen molar-refractivity contribution in [1.29, 1.82) is 0 Å². The number of benzene rings is 2. The summed E-state index contributed by atoms with van der Waals surface area (Å²) in [7, 11) is 0. The molecule has 0 aliphatic carbocycles. The first-order chi connectivity index (χ1) is 8.90. The summed E-state index contributed by atoms with van der Waals surface area (Å²) < 4.78 is 52.9. The molecule has 0 N–H and O–H groups in total. The molecule has 0 nitrogen and oxygen atoms in total. The highest BCUT2D eigenvalue weighted by atomic mass is 79.9. The zero-order valence-corrected chi connectivity index (χ0v) is 12.4. The summed E-state index contributed by atoms with van der Waals surface area (Å²) in [4.78, 5) is -0.709. The highest BCUT2D eigenvalue weighted by Crippen LogP contribution is 2.35. The smallest absolute Gasteiger partial charge is 0.161 e. The van der Waals surface area contributed by atoms with Gasteiger partial charge in [-0.15, -0.1) is 0 Å². The molecule has 0 aliphatic heterocycles. The Morgan fingerprint density at radius 3 is 2.05 bits per heavy atom. The van der Waals surface area contributed by atoms with E-state index in [0.29, 0.717) is 11.6 Å². The molecule has 0 fully saturated rings. The average Bonchev–Trinajstić information content (AvgIpc) is 2.36. The molecule has 100 valence electrons. The molecular formula is C13H6Br2F4. The predicted molar refractivity (Wildman–Crippen MR) is 71.2 cm³/mol. The van der Waals surface area contributed by atoms with Crippen molar-refractivity contribution >= 4 is 31.9 Å². The summed E-state index contributed by atoms with van der Waals surface area (Å²) in [6.45, 7) is 0. The number of alkyl halides is 1. The van der Waals surface area contributed by atoms with Gasteiger partial charge in [-0.3, -0.25) is 0 Å². The van der Waals surface area contributed by atoms with Crippen LogP contribution >= 0.6 is 31.9 Å². The second kappa shape index (κ2) is 5.63. The zero-order chi connectivity index (χ0) is 14.2. The molecule has 0 radical (unpaired) electrons. The van der Waals surface area contributed by atoms with Crippen molar-refractivity contribution in [2.24, 2.45) is 0 Å². The van der Waals surface area contributed by atoms with Crippen molar-refractivity contribution in [2.75, 3.05) is 0 Å². The van der Waals surface area contributed by atoms with E-state index in [-0.39, 0.29) is 10.0 Å². The van der Waals surface area contributed by atoms with Gasteiger partial charge in [0.25, 0.3) is 0 Å². The van der Waals surface area contributed by atoms with Gasteiger partial charge in [-0.05, 0) is 39.7 Å². The Labute approximate surface area is 123 Å². The number of rotatable bonds is 2. The van der Waals surface area contributed by atoms with E-state index in [1.807, 2.05) is 0 Å². The fraction of sp³-hybridized carbons (Fsp3) is 0.0769. The molecular weight excluding hydrogens is 392 g/mol. The largest absolute Gasteiger partial charge is 0.207 e. The van der Waals surface area contributed by atoms with E-state index in [1.54, 1.807) is 0 Å². The molecule has 0 heterocycles. The summed E-state index contributed by atoms with van der Waals surface area (Å²) in [6, 6.07) is 5.33. The topological polar surface area (TPSA) is 0 Å². The third-order valence-electron chi connectivity index (χ3n) is 2.55. The minimum absolute atomic E-state index is 0.0580. The second-order valence-corrected chi connectivity index (χ2v) is 5.59. The van der Waals surface area contributed by atoms with E-state index in [4.69, 9.17) is 0 Å². The van der Waals surface area contributed by atoms with Gasteiger partial charge in [0.2, 0.25) is 0 Å². The molecule has 0 amide bonds. The number of hydrogen-bond donors (Lipinski definition) is 0. The van der Waals surface area contributed by atoms with Crippen molar-refractivity contribution in [2.45, 2.75) is 4.83 Å². The lowest BCUT2D eigenvalue weighted by atomic mass is 10.0. The normalized spacial score (nSPS) is 12.5. The van der Waals surface area contributed by atoms with Gasteiger partial charge in [-0.25, -0.2) is 17.6 Å². The van der Waals surface area contributed by atoms with Crippen molar-refractivity contribution in [3.63, 3.8) is 0 Å². The quantitative estimate of drug-likeness (QED) is 0.357. The highest BCUT2D eigenvalue weighted by molar-refractivity contribution is 9.10. The minimum Gasteiger partial charge on any atom is -0.207 e. The maximum atomic E-state index is 13.6. The van der Waals surface area contributed by atoms with E-state index >= 15 is 0 Å². The van der Waals surface area contributed by atoms with Gasteiger partial charge in [0.15, 0.2) is 11.6 Å².